The van der Waals surface area contributed by atoms with Crippen LogP contribution in [0.25, 0.3) is 0 Å². The second-order valence-corrected chi connectivity index (χ2v) is 4.20. The molecule has 2 aromatic carbocycles. The second kappa shape index (κ2) is 9.36. The van der Waals surface area contributed by atoms with Crippen LogP contribution in [0.5, 0.6) is 0 Å². The molecule has 0 saturated heterocycles. The number of rotatable bonds is 5. The molecule has 2 aromatic rings. The lowest BCUT2D eigenvalue weighted by molar-refractivity contribution is -0.123. The number of nitrogens with two attached hydrogens (primary N) is 1. The van der Waals surface area contributed by atoms with Gasteiger partial charge < -0.3 is 20.9 Å². The molecule has 8 nitrogen and oxygen atoms in total. The third-order valence-corrected chi connectivity index (χ3v) is 2.71. The summed E-state index contributed by atoms with van der Waals surface area (Å²) >= 11 is 0. The van der Waals surface area contributed by atoms with Crippen LogP contribution in [0, 0.1) is 0 Å². The van der Waals surface area contributed by atoms with Gasteiger partial charge in [0.05, 0.1) is 16.8 Å². The first kappa shape index (κ1) is 18.4. The van der Waals surface area contributed by atoms with E-state index in [0.717, 1.165) is 0 Å². The zero-order valence-electron chi connectivity index (χ0n) is 12.3. The van der Waals surface area contributed by atoms with Gasteiger partial charge in [-0.2, -0.15) is 0 Å². The first-order chi connectivity index (χ1) is 11.5. The molecule has 0 radical (unpaired) electrons. The van der Waals surface area contributed by atoms with E-state index in [1.165, 1.54) is 18.2 Å². The normalized spacial score (nSPS) is 9.00. The summed E-state index contributed by atoms with van der Waals surface area (Å²) < 4.78 is 4.11. The smallest absolute Gasteiger partial charge is 0.347 e. The van der Waals surface area contributed by atoms with E-state index in [9.17, 15) is 19.2 Å². The molecular formula is C16H14N2O6. The Labute approximate surface area is 136 Å². The molecule has 0 aromatic heterocycles. The number of ether oxygens (including phenoxy) is 1. The molecule has 0 aliphatic rings. The number of nitrogens with one attached hydrogen (secondary N) is 1. The van der Waals surface area contributed by atoms with Crippen molar-refractivity contribution < 1.29 is 29.0 Å². The van der Waals surface area contributed by atoms with Crippen LogP contribution in [-0.4, -0.2) is 29.9 Å². The van der Waals surface area contributed by atoms with Crippen molar-refractivity contribution in [3.63, 3.8) is 0 Å². The number of carbonyl (C=O) groups excluding carboxylic acids is 3. The summed E-state index contributed by atoms with van der Waals surface area (Å²) in [5, 5.41) is 10.9. The average molecular weight is 330 g/mol. The molecule has 0 aliphatic carbocycles. The number of benzene rings is 2. The molecule has 124 valence electrons. The molecule has 4 N–H and O–H groups in total. The van der Waals surface area contributed by atoms with Crippen LogP contribution in [0.2, 0.25) is 0 Å². The van der Waals surface area contributed by atoms with Crippen molar-refractivity contribution in [1.82, 2.24) is 0 Å². The van der Waals surface area contributed by atoms with E-state index < -0.39 is 11.9 Å². The number of carboxylic acid groups (broad SMARTS) is 1. The molecular weight excluding hydrogens is 316 g/mol. The molecule has 24 heavy (non-hydrogen) atoms. The first-order valence-corrected chi connectivity index (χ1v) is 6.53. The van der Waals surface area contributed by atoms with Gasteiger partial charge in [-0.15, -0.1) is 0 Å². The van der Waals surface area contributed by atoms with Gasteiger partial charge in [-0.05, 0) is 24.3 Å². The predicted molar refractivity (Wildman–Crippen MR) is 85.4 cm³/mol. The van der Waals surface area contributed by atoms with E-state index >= 15 is 0 Å². The van der Waals surface area contributed by atoms with Crippen molar-refractivity contribution in [2.75, 3.05) is 11.1 Å². The lowest BCUT2D eigenvalue weighted by Gasteiger charge is -2.01. The van der Waals surface area contributed by atoms with Gasteiger partial charge in [0.1, 0.15) is 0 Å². The zero-order valence-corrected chi connectivity index (χ0v) is 12.3. The monoisotopic (exact) mass is 330 g/mol. The van der Waals surface area contributed by atoms with Gasteiger partial charge in [-0.25, -0.2) is 9.59 Å². The molecule has 8 heteroatoms. The van der Waals surface area contributed by atoms with E-state index in [-0.39, 0.29) is 17.6 Å². The van der Waals surface area contributed by atoms with Crippen LogP contribution in [-0.2, 0) is 14.3 Å². The highest BCUT2D eigenvalue weighted by Crippen LogP contribution is 2.13. The van der Waals surface area contributed by atoms with Crippen molar-refractivity contribution in [3.8, 4) is 0 Å². The van der Waals surface area contributed by atoms with Crippen LogP contribution in [0.1, 0.15) is 20.7 Å². The van der Waals surface area contributed by atoms with E-state index in [1.54, 1.807) is 30.3 Å². The molecule has 0 bridgehead atoms. The Morgan fingerprint density at radius 3 is 2.12 bits per heavy atom. The fourth-order valence-electron chi connectivity index (χ4n) is 1.65. The summed E-state index contributed by atoms with van der Waals surface area (Å²) in [5.41, 5.74) is 6.32. The van der Waals surface area contributed by atoms with Crippen molar-refractivity contribution in [2.24, 2.45) is 0 Å². The Balaban J connectivity index is 0.000000240. The molecule has 0 atom stereocenters. The Hall–Kier alpha value is -3.68. The SMILES string of the molecule is Nc1ccccc1C(=O)OC=O.O=CNc1ccccc1C(=O)O. The molecule has 1 amide bonds. The molecule has 0 spiro atoms. The van der Waals surface area contributed by atoms with E-state index in [2.05, 4.69) is 10.1 Å². The largest absolute Gasteiger partial charge is 0.478 e. The highest BCUT2D eigenvalue weighted by Gasteiger charge is 2.09. The Bertz CT molecular complexity index is 745. The number of hydrogen-bond acceptors (Lipinski definition) is 6. The van der Waals surface area contributed by atoms with Gasteiger partial charge in [0.25, 0.3) is 0 Å². The first-order valence-electron chi connectivity index (χ1n) is 6.53. The Morgan fingerprint density at radius 1 is 1.00 bits per heavy atom. The number of nitrogen functional groups attached to an aromatic ring is 1. The maximum Gasteiger partial charge on any atom is 0.347 e. The molecule has 0 aliphatic heterocycles. The van der Waals surface area contributed by atoms with E-state index in [4.69, 9.17) is 10.8 Å². The van der Waals surface area contributed by atoms with Crippen LogP contribution in [0.4, 0.5) is 11.4 Å². The fraction of sp³-hybridized carbons (Fsp3) is 0. The van der Waals surface area contributed by atoms with Crippen molar-refractivity contribution in [3.05, 3.63) is 59.7 Å². The minimum absolute atomic E-state index is 0.0781. The quantitative estimate of drug-likeness (QED) is 0.327. The number of amides is 1. The summed E-state index contributed by atoms with van der Waals surface area (Å²) in [7, 11) is 0. The summed E-state index contributed by atoms with van der Waals surface area (Å²) in [6.07, 6.45) is 0.446. The van der Waals surface area contributed by atoms with Crippen molar-refractivity contribution in [1.29, 1.82) is 0 Å². The van der Waals surface area contributed by atoms with Gasteiger partial charge >= 0.3 is 18.4 Å². The van der Waals surface area contributed by atoms with Gasteiger partial charge in [0, 0.05) is 5.69 Å². The maximum absolute atomic E-state index is 10.9. The van der Waals surface area contributed by atoms with Crippen molar-refractivity contribution in [2.45, 2.75) is 0 Å². The van der Waals surface area contributed by atoms with E-state index in [0.29, 0.717) is 17.8 Å². The van der Waals surface area contributed by atoms with E-state index in [1.807, 2.05) is 0 Å². The predicted octanol–water partition coefficient (Wildman–Crippen LogP) is 1.54. The highest BCUT2D eigenvalue weighted by molar-refractivity contribution is 5.97. The lowest BCUT2D eigenvalue weighted by Crippen LogP contribution is -2.06. The van der Waals surface area contributed by atoms with Crippen LogP contribution >= 0.6 is 0 Å². The molecule has 0 heterocycles. The number of hydrogen-bond donors (Lipinski definition) is 3. The number of carboxylic acids is 1. The van der Waals surface area contributed by atoms with Gasteiger partial charge in [0.2, 0.25) is 6.41 Å². The fourth-order valence-corrected chi connectivity index (χ4v) is 1.65. The molecule has 2 rings (SSSR count). The highest BCUT2D eigenvalue weighted by atomic mass is 16.6. The second-order valence-electron chi connectivity index (χ2n) is 4.20. The van der Waals surface area contributed by atoms with Crippen LogP contribution in [0.3, 0.4) is 0 Å². The zero-order chi connectivity index (χ0) is 17.9. The number of anilines is 2. The average Bonchev–Trinajstić information content (AvgIpc) is 2.56. The van der Waals surface area contributed by atoms with Crippen LogP contribution in [0.15, 0.2) is 48.5 Å². The molecule has 0 saturated carbocycles. The third kappa shape index (κ3) is 5.26. The Morgan fingerprint density at radius 2 is 1.58 bits per heavy atom. The summed E-state index contributed by atoms with van der Waals surface area (Å²) in [5.74, 6) is -1.79. The number of aromatic carboxylic acids is 1. The molecule has 0 fully saturated rings. The Kier molecular flexibility index (Phi) is 7.16. The number of carbonyl (C=O) groups is 4. The standard InChI is InChI=1S/2C8H7NO3/c9-7-4-2-1-3-6(7)8(11)12-5-10;10-5-9-7-4-2-1-3-6(7)8(11)12/h1-5H,9H2;1-5H,(H,9,10)(H,11,12). The molecule has 0 unspecified atom stereocenters. The van der Waals surface area contributed by atoms with Gasteiger partial charge in [-0.3, -0.25) is 9.59 Å². The topological polar surface area (TPSA) is 136 Å². The summed E-state index contributed by atoms with van der Waals surface area (Å²) in [4.78, 5) is 41.3. The summed E-state index contributed by atoms with van der Waals surface area (Å²) in [6, 6.07) is 12.6. The minimum Gasteiger partial charge on any atom is -0.478 e. The van der Waals surface area contributed by atoms with Gasteiger partial charge in [-0.1, -0.05) is 24.3 Å². The third-order valence-electron chi connectivity index (χ3n) is 2.71. The maximum atomic E-state index is 10.9. The summed E-state index contributed by atoms with van der Waals surface area (Å²) in [6.45, 7) is 0.0781. The van der Waals surface area contributed by atoms with Crippen molar-refractivity contribution >= 4 is 36.2 Å². The minimum atomic E-state index is -1.06. The number of esters is 1. The number of para-hydroxylation sites is 2. The lowest BCUT2D eigenvalue weighted by atomic mass is 10.2. The van der Waals surface area contributed by atoms with Gasteiger partial charge in [0.15, 0.2) is 0 Å². The van der Waals surface area contributed by atoms with Crippen LogP contribution < -0.4 is 11.1 Å².